The minimum Gasteiger partial charge on any atom is -0.448 e. The predicted octanol–water partition coefficient (Wildman–Crippen LogP) is 1.98. The second-order valence-electron chi connectivity index (χ2n) is 4.84. The van der Waals surface area contributed by atoms with Crippen molar-refractivity contribution in [2.24, 2.45) is 0 Å². The van der Waals surface area contributed by atoms with Gasteiger partial charge in [-0.2, -0.15) is 0 Å². The second-order valence-corrected chi connectivity index (χ2v) is 4.84. The molecular formula is C11H16N2O. The van der Waals surface area contributed by atoms with E-state index in [-0.39, 0.29) is 0 Å². The number of nitrogens with one attached hydrogen (secondary N) is 1. The molecule has 0 amide bonds. The van der Waals surface area contributed by atoms with Crippen LogP contribution >= 0.6 is 0 Å². The van der Waals surface area contributed by atoms with Crippen LogP contribution in [0, 0.1) is 0 Å². The fraction of sp³-hybridized carbons (Fsp3) is 0.727. The molecule has 1 heterocycles. The molecule has 2 aliphatic rings. The monoisotopic (exact) mass is 192 g/mol. The van der Waals surface area contributed by atoms with E-state index in [0.717, 1.165) is 24.0 Å². The zero-order chi connectivity index (χ0) is 9.60. The molecule has 0 spiro atoms. The Morgan fingerprint density at radius 2 is 2.36 bits per heavy atom. The zero-order valence-electron chi connectivity index (χ0n) is 8.55. The third-order valence-electron chi connectivity index (χ3n) is 3.32. The predicted molar refractivity (Wildman–Crippen MR) is 53.0 cm³/mol. The highest BCUT2D eigenvalue weighted by Gasteiger charge is 2.44. The van der Waals surface area contributed by atoms with Crippen molar-refractivity contribution >= 4 is 0 Å². The lowest BCUT2D eigenvalue weighted by molar-refractivity contribution is 0.456. The summed E-state index contributed by atoms with van der Waals surface area (Å²) in [5.41, 5.74) is 1.42. The molecule has 0 saturated heterocycles. The van der Waals surface area contributed by atoms with Crippen LogP contribution in [0.2, 0.25) is 0 Å². The number of hydrogen-bond acceptors (Lipinski definition) is 3. The Morgan fingerprint density at radius 3 is 3.00 bits per heavy atom. The summed E-state index contributed by atoms with van der Waals surface area (Å²) in [5, 5.41) is 3.48. The Morgan fingerprint density at radius 1 is 1.57 bits per heavy atom. The molecule has 0 bridgehead atoms. The summed E-state index contributed by atoms with van der Waals surface area (Å²) in [6, 6.07) is 0.742. The smallest absolute Gasteiger partial charge is 0.181 e. The molecular weight excluding hydrogens is 176 g/mol. The molecule has 0 radical (unpaired) electrons. The van der Waals surface area contributed by atoms with Gasteiger partial charge in [0.05, 0.1) is 5.69 Å². The first-order valence-corrected chi connectivity index (χ1v) is 5.44. The second kappa shape index (κ2) is 2.83. The van der Waals surface area contributed by atoms with Crippen LogP contribution in [0.3, 0.4) is 0 Å². The molecule has 2 aliphatic carbocycles. The molecule has 76 valence electrons. The summed E-state index contributed by atoms with van der Waals surface area (Å²) in [7, 11) is 0. The van der Waals surface area contributed by atoms with Gasteiger partial charge in [-0.25, -0.2) is 4.98 Å². The van der Waals surface area contributed by atoms with E-state index in [1.807, 2.05) is 0 Å². The van der Waals surface area contributed by atoms with Crippen molar-refractivity contribution in [2.45, 2.75) is 50.6 Å². The molecule has 1 N–H and O–H groups in total. The van der Waals surface area contributed by atoms with Gasteiger partial charge in [0.1, 0.15) is 5.76 Å². The first-order valence-electron chi connectivity index (χ1n) is 5.44. The molecule has 2 fully saturated rings. The van der Waals surface area contributed by atoms with Crippen molar-refractivity contribution in [1.82, 2.24) is 10.3 Å². The third-order valence-corrected chi connectivity index (χ3v) is 3.32. The number of oxazole rings is 1. The summed E-state index contributed by atoms with van der Waals surface area (Å²) >= 11 is 0. The van der Waals surface area contributed by atoms with Gasteiger partial charge in [-0.3, -0.25) is 0 Å². The van der Waals surface area contributed by atoms with Crippen LogP contribution in [0.1, 0.15) is 44.1 Å². The Balaban J connectivity index is 1.72. The maximum atomic E-state index is 5.49. The van der Waals surface area contributed by atoms with Crippen LogP contribution in [0.5, 0.6) is 0 Å². The van der Waals surface area contributed by atoms with Crippen LogP contribution in [-0.2, 0) is 12.0 Å². The molecule has 0 unspecified atom stereocenters. The van der Waals surface area contributed by atoms with E-state index in [1.54, 1.807) is 6.39 Å². The first kappa shape index (κ1) is 8.48. The molecule has 3 rings (SSSR count). The lowest BCUT2D eigenvalue weighted by Gasteiger charge is -2.06. The van der Waals surface area contributed by atoms with Gasteiger partial charge in [0.25, 0.3) is 0 Å². The average Bonchev–Trinajstić information content (AvgIpc) is 3.08. The standard InChI is InChI=1S/C11H16N2O/c1-11(4-5-11)10-9(13-7-14-10)6-12-8-2-3-8/h7-8,12H,2-6H2,1H3. The van der Waals surface area contributed by atoms with Crippen LogP contribution in [0.4, 0.5) is 0 Å². The minimum atomic E-state index is 0.303. The molecule has 0 aromatic carbocycles. The van der Waals surface area contributed by atoms with E-state index >= 15 is 0 Å². The molecule has 2 saturated carbocycles. The van der Waals surface area contributed by atoms with Crippen molar-refractivity contribution in [3.8, 4) is 0 Å². The maximum Gasteiger partial charge on any atom is 0.181 e. The van der Waals surface area contributed by atoms with Crippen molar-refractivity contribution in [3.63, 3.8) is 0 Å². The van der Waals surface area contributed by atoms with Gasteiger partial charge in [0, 0.05) is 18.0 Å². The summed E-state index contributed by atoms with van der Waals surface area (Å²) in [6.07, 6.45) is 6.73. The largest absolute Gasteiger partial charge is 0.448 e. The van der Waals surface area contributed by atoms with Gasteiger partial charge in [-0.05, 0) is 25.7 Å². The van der Waals surface area contributed by atoms with Crippen LogP contribution in [0.15, 0.2) is 10.8 Å². The van der Waals surface area contributed by atoms with Crippen molar-refractivity contribution in [1.29, 1.82) is 0 Å². The third kappa shape index (κ3) is 1.46. The minimum absolute atomic E-state index is 0.303. The number of rotatable bonds is 4. The molecule has 1 aromatic heterocycles. The van der Waals surface area contributed by atoms with Gasteiger partial charge in [-0.1, -0.05) is 6.92 Å². The molecule has 0 atom stereocenters. The van der Waals surface area contributed by atoms with E-state index in [0.29, 0.717) is 5.41 Å². The lowest BCUT2D eigenvalue weighted by atomic mass is 10.1. The molecule has 3 nitrogen and oxygen atoms in total. The number of nitrogens with zero attached hydrogens (tertiary/aromatic N) is 1. The molecule has 0 aliphatic heterocycles. The Labute approximate surface area is 83.9 Å². The van der Waals surface area contributed by atoms with Crippen molar-refractivity contribution in [2.75, 3.05) is 0 Å². The SMILES string of the molecule is CC1(c2ocnc2CNC2CC2)CC1. The summed E-state index contributed by atoms with van der Waals surface area (Å²) < 4.78 is 5.49. The first-order chi connectivity index (χ1) is 6.78. The Bertz CT molecular complexity index is 337. The highest BCUT2D eigenvalue weighted by Crippen LogP contribution is 2.48. The molecule has 14 heavy (non-hydrogen) atoms. The highest BCUT2D eigenvalue weighted by molar-refractivity contribution is 5.24. The van der Waals surface area contributed by atoms with Crippen LogP contribution in [-0.4, -0.2) is 11.0 Å². The Kier molecular flexibility index (Phi) is 1.71. The normalized spacial score (nSPS) is 23.8. The van der Waals surface area contributed by atoms with Crippen LogP contribution in [0.25, 0.3) is 0 Å². The van der Waals surface area contributed by atoms with E-state index in [9.17, 15) is 0 Å². The maximum absolute atomic E-state index is 5.49. The van der Waals surface area contributed by atoms with E-state index in [2.05, 4.69) is 17.2 Å². The summed E-state index contributed by atoms with van der Waals surface area (Å²) in [5.74, 6) is 1.12. The van der Waals surface area contributed by atoms with Gasteiger partial charge in [0.15, 0.2) is 6.39 Å². The lowest BCUT2D eigenvalue weighted by Crippen LogP contribution is -2.17. The highest BCUT2D eigenvalue weighted by atomic mass is 16.3. The zero-order valence-corrected chi connectivity index (χ0v) is 8.55. The number of hydrogen-bond donors (Lipinski definition) is 1. The fourth-order valence-electron chi connectivity index (χ4n) is 1.83. The van der Waals surface area contributed by atoms with Crippen molar-refractivity contribution < 1.29 is 4.42 Å². The summed E-state index contributed by atoms with van der Waals surface area (Å²) in [6.45, 7) is 3.14. The van der Waals surface area contributed by atoms with Gasteiger partial charge < -0.3 is 9.73 Å². The summed E-state index contributed by atoms with van der Waals surface area (Å²) in [4.78, 5) is 4.29. The van der Waals surface area contributed by atoms with Gasteiger partial charge in [-0.15, -0.1) is 0 Å². The quantitative estimate of drug-likeness (QED) is 0.792. The number of aromatic nitrogens is 1. The van der Waals surface area contributed by atoms with E-state index < -0.39 is 0 Å². The molecule has 1 aromatic rings. The van der Waals surface area contributed by atoms with Crippen LogP contribution < -0.4 is 5.32 Å². The fourth-order valence-corrected chi connectivity index (χ4v) is 1.83. The van der Waals surface area contributed by atoms with Gasteiger partial charge in [0.2, 0.25) is 0 Å². The van der Waals surface area contributed by atoms with Gasteiger partial charge >= 0.3 is 0 Å². The van der Waals surface area contributed by atoms with E-state index in [4.69, 9.17) is 4.42 Å². The molecule has 3 heteroatoms. The van der Waals surface area contributed by atoms with Crippen molar-refractivity contribution in [3.05, 3.63) is 17.8 Å². The topological polar surface area (TPSA) is 38.1 Å². The average molecular weight is 192 g/mol. The Hall–Kier alpha value is -0.830. The van der Waals surface area contributed by atoms with E-state index in [1.165, 1.54) is 25.7 Å².